The molecule has 0 radical (unpaired) electrons. The summed E-state index contributed by atoms with van der Waals surface area (Å²) >= 11 is 0. The molecule has 0 fully saturated rings. The molecule has 4 nitrogen and oxygen atoms in total. The molecule has 0 saturated carbocycles. The van der Waals surface area contributed by atoms with Crippen LogP contribution in [0.5, 0.6) is 5.75 Å². The predicted octanol–water partition coefficient (Wildman–Crippen LogP) is 7.61. The van der Waals surface area contributed by atoms with E-state index >= 15 is 0 Å². The molecule has 0 aliphatic rings. The number of nitrogens with zero attached hydrogens (tertiary/aromatic N) is 2. The largest absolute Gasteiger partial charge is 1.00 e. The van der Waals surface area contributed by atoms with Crippen LogP contribution in [0.3, 0.4) is 0 Å². The van der Waals surface area contributed by atoms with Gasteiger partial charge in [0.15, 0.2) is 12.4 Å². The molecule has 0 bridgehead atoms. The average molecular weight is 741 g/mol. The minimum absolute atomic E-state index is 0. The number of carbonyl (C=O) groups is 1. The second-order valence-corrected chi connectivity index (χ2v) is 13.8. The van der Waals surface area contributed by atoms with Crippen LogP contribution < -0.4 is 33.3 Å². The number of benzene rings is 2. The van der Waals surface area contributed by atoms with Crippen molar-refractivity contribution in [1.82, 2.24) is 4.90 Å². The van der Waals surface area contributed by atoms with E-state index in [9.17, 15) is 4.79 Å². The van der Waals surface area contributed by atoms with E-state index in [1.54, 1.807) is 0 Å². The third-order valence-electron chi connectivity index (χ3n) is 8.63. The van der Waals surface area contributed by atoms with Crippen molar-refractivity contribution in [2.75, 3.05) is 6.61 Å². The van der Waals surface area contributed by atoms with Crippen molar-refractivity contribution in [2.45, 2.75) is 143 Å². The molecule has 2 aromatic carbocycles. The summed E-state index contributed by atoms with van der Waals surface area (Å²) in [4.78, 5) is 15.8. The van der Waals surface area contributed by atoms with Crippen molar-refractivity contribution in [2.24, 2.45) is 0 Å². The Morgan fingerprint density at radius 3 is 1.85 bits per heavy atom. The van der Waals surface area contributed by atoms with Crippen LogP contribution in [0.15, 0.2) is 73.1 Å². The molecule has 0 aliphatic heterocycles. The minimum Gasteiger partial charge on any atom is -1.00 e. The van der Waals surface area contributed by atoms with Crippen LogP contribution in [0, 0.1) is 0 Å². The van der Waals surface area contributed by atoms with Gasteiger partial charge in [-0.1, -0.05) is 142 Å². The summed E-state index contributed by atoms with van der Waals surface area (Å²) < 4.78 is 8.82. The molecular formula is C41H61IN2O2. The van der Waals surface area contributed by atoms with Crippen molar-refractivity contribution >= 4 is 5.91 Å². The van der Waals surface area contributed by atoms with Crippen LogP contribution >= 0.6 is 0 Å². The molecule has 5 heteroatoms. The molecular weight excluding hydrogens is 679 g/mol. The number of carbonyl (C=O) groups excluding carboxylic acids is 1. The Kier molecular flexibility index (Phi) is 19.2. The number of hydrogen-bond acceptors (Lipinski definition) is 2. The van der Waals surface area contributed by atoms with Crippen molar-refractivity contribution < 1.29 is 38.1 Å². The third-order valence-corrected chi connectivity index (χ3v) is 8.63. The SMILES string of the molecule is CCCCCCCCCCCCCCOc1c(CN(Cc2cc[n+](CCC)cc2)C(=O)c2ccccc2)cccc1C(C)(C)C.[I-]. The summed E-state index contributed by atoms with van der Waals surface area (Å²) in [5, 5.41) is 0. The normalized spacial score (nSPS) is 11.2. The van der Waals surface area contributed by atoms with Gasteiger partial charge in [0.05, 0.1) is 6.61 Å². The first kappa shape index (κ1) is 39.8. The lowest BCUT2D eigenvalue weighted by molar-refractivity contribution is -0.697. The van der Waals surface area contributed by atoms with Crippen LogP contribution in [0.2, 0.25) is 0 Å². The quantitative estimate of drug-likeness (QED) is 0.0641. The van der Waals surface area contributed by atoms with Gasteiger partial charge in [0, 0.05) is 42.8 Å². The lowest BCUT2D eigenvalue weighted by Gasteiger charge is -2.28. The number of unbranched alkanes of at least 4 members (excludes halogenated alkanes) is 11. The fourth-order valence-electron chi connectivity index (χ4n) is 5.98. The molecule has 0 N–H and O–H groups in total. The molecule has 0 unspecified atom stereocenters. The van der Waals surface area contributed by atoms with Crippen LogP contribution in [0.4, 0.5) is 0 Å². The number of aromatic nitrogens is 1. The number of pyridine rings is 1. The second-order valence-electron chi connectivity index (χ2n) is 13.8. The van der Waals surface area contributed by atoms with Crippen molar-refractivity contribution in [3.05, 3.63) is 95.3 Å². The van der Waals surface area contributed by atoms with Crippen LogP contribution in [-0.4, -0.2) is 17.4 Å². The van der Waals surface area contributed by atoms with Crippen molar-refractivity contribution in [3.63, 3.8) is 0 Å². The van der Waals surface area contributed by atoms with E-state index in [0.717, 1.165) is 36.3 Å². The molecule has 0 saturated heterocycles. The van der Waals surface area contributed by atoms with Gasteiger partial charge in [-0.3, -0.25) is 4.79 Å². The predicted molar refractivity (Wildman–Crippen MR) is 189 cm³/mol. The summed E-state index contributed by atoms with van der Waals surface area (Å²) in [5.41, 5.74) is 4.04. The lowest BCUT2D eigenvalue weighted by Crippen LogP contribution is -3.00. The highest BCUT2D eigenvalue weighted by Crippen LogP contribution is 2.35. The fraction of sp³-hybridized carbons (Fsp3) is 0.561. The summed E-state index contributed by atoms with van der Waals surface area (Å²) in [5.74, 6) is 0.988. The topological polar surface area (TPSA) is 33.4 Å². The smallest absolute Gasteiger partial charge is 0.254 e. The summed E-state index contributed by atoms with van der Waals surface area (Å²) in [6.07, 6.45) is 21.3. The Morgan fingerprint density at radius 1 is 0.696 bits per heavy atom. The molecule has 0 aliphatic carbocycles. The number of rotatable bonds is 21. The van der Waals surface area contributed by atoms with Crippen molar-refractivity contribution in [3.8, 4) is 5.75 Å². The highest BCUT2D eigenvalue weighted by Gasteiger charge is 2.24. The molecule has 1 heterocycles. The molecule has 0 spiro atoms. The number of aryl methyl sites for hydroxylation is 1. The van der Waals surface area contributed by atoms with Gasteiger partial charge in [-0.2, -0.15) is 0 Å². The fourth-order valence-corrected chi connectivity index (χ4v) is 5.98. The van der Waals surface area contributed by atoms with E-state index < -0.39 is 0 Å². The van der Waals surface area contributed by atoms with E-state index in [1.807, 2.05) is 35.2 Å². The number of amides is 1. The van der Waals surface area contributed by atoms with Gasteiger partial charge in [0.1, 0.15) is 12.3 Å². The van der Waals surface area contributed by atoms with Crippen LogP contribution in [0.25, 0.3) is 0 Å². The molecule has 1 aromatic heterocycles. The Hall–Kier alpha value is -2.41. The van der Waals surface area contributed by atoms with E-state index in [0.29, 0.717) is 25.3 Å². The van der Waals surface area contributed by atoms with Crippen LogP contribution in [-0.2, 0) is 25.0 Å². The van der Waals surface area contributed by atoms with E-state index in [4.69, 9.17) is 4.74 Å². The number of ether oxygens (including phenoxy) is 1. The average Bonchev–Trinajstić information content (AvgIpc) is 3.04. The Balaban J connectivity index is 0.00000736. The van der Waals surface area contributed by atoms with Gasteiger partial charge in [-0.15, -0.1) is 0 Å². The molecule has 3 rings (SSSR count). The monoisotopic (exact) mass is 740 g/mol. The third kappa shape index (κ3) is 14.1. The maximum absolute atomic E-state index is 13.9. The van der Waals surface area contributed by atoms with Gasteiger partial charge < -0.3 is 33.6 Å². The second kappa shape index (κ2) is 22.2. The maximum Gasteiger partial charge on any atom is 0.254 e. The molecule has 254 valence electrons. The van der Waals surface area contributed by atoms with Gasteiger partial charge in [0.2, 0.25) is 0 Å². The number of halogens is 1. The molecule has 3 aromatic rings. The van der Waals surface area contributed by atoms with Gasteiger partial charge in [-0.25, -0.2) is 4.57 Å². The molecule has 1 amide bonds. The van der Waals surface area contributed by atoms with Crippen molar-refractivity contribution in [1.29, 1.82) is 0 Å². The minimum atomic E-state index is -0.0670. The van der Waals surface area contributed by atoms with E-state index in [1.165, 1.54) is 76.2 Å². The number of hydrogen-bond donors (Lipinski definition) is 0. The van der Waals surface area contributed by atoms with E-state index in [2.05, 4.69) is 81.9 Å². The lowest BCUT2D eigenvalue weighted by atomic mass is 9.85. The Morgan fingerprint density at radius 2 is 1.28 bits per heavy atom. The maximum atomic E-state index is 13.9. The Labute approximate surface area is 298 Å². The first-order valence-electron chi connectivity index (χ1n) is 17.9. The number of para-hydroxylation sites is 1. The summed E-state index contributed by atoms with van der Waals surface area (Å²) in [6.45, 7) is 13.9. The molecule has 0 atom stereocenters. The first-order valence-corrected chi connectivity index (χ1v) is 17.9. The zero-order valence-corrected chi connectivity index (χ0v) is 31.7. The summed E-state index contributed by atoms with van der Waals surface area (Å²) in [7, 11) is 0. The Bertz CT molecular complexity index is 1240. The highest BCUT2D eigenvalue weighted by atomic mass is 127. The summed E-state index contributed by atoms with van der Waals surface area (Å²) in [6, 6.07) is 20.4. The van der Waals surface area contributed by atoms with Gasteiger partial charge in [0.25, 0.3) is 5.91 Å². The zero-order valence-electron chi connectivity index (χ0n) is 29.5. The standard InChI is InChI=1S/C41H61N2O2.HI/c1-6-8-9-10-11-12-13-14-15-16-17-21-32-45-39-37(25-22-26-38(39)41(3,4)5)34-43(40(44)36-23-19-18-20-24-36)33-35-27-30-42(29-7-2)31-28-35;/h18-20,22-28,30-31H,6-17,21,29,32-34H2,1-5H3;1H/q+1;/p-1. The molecule has 46 heavy (non-hydrogen) atoms. The van der Waals surface area contributed by atoms with Gasteiger partial charge in [-0.05, 0) is 35.1 Å². The van der Waals surface area contributed by atoms with Gasteiger partial charge >= 0.3 is 0 Å². The van der Waals surface area contributed by atoms with Crippen LogP contribution in [0.1, 0.15) is 145 Å². The van der Waals surface area contributed by atoms with E-state index in [-0.39, 0.29) is 35.3 Å². The highest BCUT2D eigenvalue weighted by molar-refractivity contribution is 5.94. The first-order chi connectivity index (χ1) is 21.8. The zero-order chi connectivity index (χ0) is 32.3.